The molecular weight excluding hydrogens is 286 g/mol. The highest BCUT2D eigenvalue weighted by molar-refractivity contribution is 7.15. The highest BCUT2D eigenvalue weighted by Gasteiger charge is 2.32. The Morgan fingerprint density at radius 3 is 2.75 bits per heavy atom. The number of benzene rings is 1. The van der Waals surface area contributed by atoms with Gasteiger partial charge in [-0.1, -0.05) is 30.7 Å². The van der Waals surface area contributed by atoms with Crippen molar-refractivity contribution in [3.8, 4) is 10.4 Å². The van der Waals surface area contributed by atoms with E-state index in [1.165, 1.54) is 28.2 Å². The van der Waals surface area contributed by atoms with Crippen molar-refractivity contribution < 1.29 is 0 Å². The summed E-state index contributed by atoms with van der Waals surface area (Å²) >= 11 is 8.13. The van der Waals surface area contributed by atoms with Crippen molar-refractivity contribution in [3.05, 3.63) is 45.8 Å². The van der Waals surface area contributed by atoms with Crippen LogP contribution in [0, 0.1) is 12.8 Å². The maximum Gasteiger partial charge on any atom is 0.0443 e. The first-order valence-electron chi connectivity index (χ1n) is 7.28. The van der Waals surface area contributed by atoms with Crippen LogP contribution >= 0.6 is 22.9 Å². The molecule has 1 unspecified atom stereocenters. The zero-order valence-corrected chi connectivity index (χ0v) is 13.5. The van der Waals surface area contributed by atoms with Crippen LogP contribution < -0.4 is 5.32 Å². The van der Waals surface area contributed by atoms with Gasteiger partial charge >= 0.3 is 0 Å². The number of rotatable bonds is 5. The van der Waals surface area contributed by atoms with E-state index in [0.29, 0.717) is 6.04 Å². The number of halogens is 1. The first kappa shape index (κ1) is 14.1. The monoisotopic (exact) mass is 305 g/mol. The van der Waals surface area contributed by atoms with Gasteiger partial charge in [-0.05, 0) is 61.6 Å². The Morgan fingerprint density at radius 2 is 2.10 bits per heavy atom. The van der Waals surface area contributed by atoms with E-state index < -0.39 is 0 Å². The second kappa shape index (κ2) is 5.88. The molecule has 2 aromatic rings. The van der Waals surface area contributed by atoms with Crippen LogP contribution in [0.25, 0.3) is 10.4 Å². The highest BCUT2D eigenvalue weighted by atomic mass is 35.5. The van der Waals surface area contributed by atoms with E-state index in [9.17, 15) is 0 Å². The molecule has 0 saturated heterocycles. The van der Waals surface area contributed by atoms with E-state index in [1.807, 2.05) is 18.3 Å². The molecule has 106 valence electrons. The van der Waals surface area contributed by atoms with Crippen LogP contribution in [0.1, 0.15) is 36.2 Å². The fourth-order valence-electron chi connectivity index (χ4n) is 2.57. The average Bonchev–Trinajstić information content (AvgIpc) is 3.16. The normalized spacial score (nSPS) is 16.4. The second-order valence-corrected chi connectivity index (χ2v) is 7.06. The first-order chi connectivity index (χ1) is 9.69. The molecule has 20 heavy (non-hydrogen) atoms. The third-order valence-corrected chi connectivity index (χ3v) is 5.53. The molecule has 0 amide bonds. The number of thiophene rings is 1. The van der Waals surface area contributed by atoms with Gasteiger partial charge in [-0.3, -0.25) is 0 Å². The Bertz CT molecular complexity index is 601. The van der Waals surface area contributed by atoms with Gasteiger partial charge in [-0.2, -0.15) is 0 Å². The maximum atomic E-state index is 6.24. The third kappa shape index (κ3) is 2.93. The Balaban J connectivity index is 1.86. The summed E-state index contributed by atoms with van der Waals surface area (Å²) in [4.78, 5) is 2.77. The minimum atomic E-state index is 0.541. The maximum absolute atomic E-state index is 6.24. The van der Waals surface area contributed by atoms with Crippen molar-refractivity contribution in [3.63, 3.8) is 0 Å². The topological polar surface area (TPSA) is 12.0 Å². The molecule has 0 aliphatic heterocycles. The van der Waals surface area contributed by atoms with Crippen molar-refractivity contribution in [2.75, 3.05) is 6.54 Å². The van der Waals surface area contributed by atoms with Gasteiger partial charge in [0.1, 0.15) is 0 Å². The molecule has 1 fully saturated rings. The van der Waals surface area contributed by atoms with Crippen molar-refractivity contribution in [2.24, 2.45) is 5.92 Å². The zero-order valence-electron chi connectivity index (χ0n) is 11.9. The number of hydrogen-bond donors (Lipinski definition) is 1. The Labute approximate surface area is 130 Å². The van der Waals surface area contributed by atoms with E-state index in [-0.39, 0.29) is 0 Å². The molecule has 1 aliphatic carbocycles. The van der Waals surface area contributed by atoms with Gasteiger partial charge in [0.05, 0.1) is 0 Å². The molecule has 3 rings (SSSR count). The average molecular weight is 306 g/mol. The fourth-order valence-corrected chi connectivity index (χ4v) is 3.92. The predicted octanol–water partition coefficient (Wildman–Crippen LogP) is 5.44. The lowest BCUT2D eigenvalue weighted by Gasteiger charge is -2.15. The van der Waals surface area contributed by atoms with E-state index in [2.05, 4.69) is 42.6 Å². The van der Waals surface area contributed by atoms with E-state index >= 15 is 0 Å². The van der Waals surface area contributed by atoms with Gasteiger partial charge in [-0.25, -0.2) is 0 Å². The second-order valence-electron chi connectivity index (χ2n) is 5.54. The molecule has 0 bridgehead atoms. The van der Waals surface area contributed by atoms with E-state index in [0.717, 1.165) is 23.0 Å². The van der Waals surface area contributed by atoms with Crippen molar-refractivity contribution >= 4 is 22.9 Å². The Kier molecular flexibility index (Phi) is 4.16. The van der Waals surface area contributed by atoms with Crippen LogP contribution in [-0.2, 0) is 0 Å². The van der Waals surface area contributed by atoms with E-state index in [1.54, 1.807) is 0 Å². The smallest absolute Gasteiger partial charge is 0.0443 e. The van der Waals surface area contributed by atoms with Crippen molar-refractivity contribution in [1.29, 1.82) is 0 Å². The van der Waals surface area contributed by atoms with Crippen LogP contribution in [-0.4, -0.2) is 6.54 Å². The summed E-state index contributed by atoms with van der Waals surface area (Å²) < 4.78 is 0. The summed E-state index contributed by atoms with van der Waals surface area (Å²) in [5.41, 5.74) is 2.36. The van der Waals surface area contributed by atoms with Gasteiger partial charge in [0.2, 0.25) is 0 Å². The van der Waals surface area contributed by atoms with Gasteiger partial charge in [0.15, 0.2) is 0 Å². The molecule has 1 aliphatic rings. The molecule has 1 nitrogen and oxygen atoms in total. The van der Waals surface area contributed by atoms with Crippen LogP contribution in [0.15, 0.2) is 30.3 Å². The number of hydrogen-bond acceptors (Lipinski definition) is 2. The zero-order chi connectivity index (χ0) is 14.1. The lowest BCUT2D eigenvalue weighted by atomic mass is 10.1. The standard InChI is InChI=1S/C17H20ClNS/c1-3-19-17(12-6-7-12)16-9-8-15(20-16)13-5-4-11(2)14(18)10-13/h4-5,8-10,12,17,19H,3,6-7H2,1-2H3. The molecule has 1 aromatic heterocycles. The van der Waals surface area contributed by atoms with Crippen LogP contribution in [0.4, 0.5) is 0 Å². The van der Waals surface area contributed by atoms with Crippen LogP contribution in [0.2, 0.25) is 5.02 Å². The summed E-state index contributed by atoms with van der Waals surface area (Å²) in [7, 11) is 0. The van der Waals surface area contributed by atoms with E-state index in [4.69, 9.17) is 11.6 Å². The van der Waals surface area contributed by atoms with Crippen molar-refractivity contribution in [2.45, 2.75) is 32.7 Å². The molecule has 1 heterocycles. The van der Waals surface area contributed by atoms with Crippen molar-refractivity contribution in [1.82, 2.24) is 5.32 Å². The van der Waals surface area contributed by atoms with Gasteiger partial charge in [-0.15, -0.1) is 11.3 Å². The van der Waals surface area contributed by atoms with Gasteiger partial charge in [0.25, 0.3) is 0 Å². The predicted molar refractivity (Wildman–Crippen MR) is 88.6 cm³/mol. The number of nitrogens with one attached hydrogen (secondary N) is 1. The summed E-state index contributed by atoms with van der Waals surface area (Å²) in [6.45, 7) is 5.26. The minimum absolute atomic E-state index is 0.541. The lowest BCUT2D eigenvalue weighted by Crippen LogP contribution is -2.21. The SMILES string of the molecule is CCNC(c1ccc(-c2ccc(C)c(Cl)c2)s1)C1CC1. The summed E-state index contributed by atoms with van der Waals surface area (Å²) in [5, 5.41) is 4.48. The molecule has 1 N–H and O–H groups in total. The Hall–Kier alpha value is -0.830. The molecule has 1 aromatic carbocycles. The molecule has 0 spiro atoms. The minimum Gasteiger partial charge on any atom is -0.309 e. The summed E-state index contributed by atoms with van der Waals surface area (Å²) in [6, 6.07) is 11.4. The number of aryl methyl sites for hydroxylation is 1. The molecular formula is C17H20ClNS. The summed E-state index contributed by atoms with van der Waals surface area (Å²) in [5.74, 6) is 0.836. The molecule has 0 radical (unpaired) electrons. The van der Waals surface area contributed by atoms with Gasteiger partial charge in [0, 0.05) is 20.8 Å². The fraction of sp³-hybridized carbons (Fsp3) is 0.412. The summed E-state index contributed by atoms with van der Waals surface area (Å²) in [6.07, 6.45) is 2.72. The lowest BCUT2D eigenvalue weighted by molar-refractivity contribution is 0.504. The first-order valence-corrected chi connectivity index (χ1v) is 8.48. The largest absolute Gasteiger partial charge is 0.309 e. The quantitative estimate of drug-likeness (QED) is 0.776. The van der Waals surface area contributed by atoms with Crippen LogP contribution in [0.3, 0.4) is 0 Å². The molecule has 3 heteroatoms. The molecule has 1 saturated carbocycles. The molecule has 1 atom stereocenters. The Morgan fingerprint density at radius 1 is 1.30 bits per heavy atom. The van der Waals surface area contributed by atoms with Gasteiger partial charge < -0.3 is 5.32 Å². The van der Waals surface area contributed by atoms with Crippen LogP contribution in [0.5, 0.6) is 0 Å². The highest BCUT2D eigenvalue weighted by Crippen LogP contribution is 2.44. The third-order valence-electron chi connectivity index (χ3n) is 3.91.